The summed E-state index contributed by atoms with van der Waals surface area (Å²) in [6, 6.07) is 7.25. The fourth-order valence-corrected chi connectivity index (χ4v) is 3.05. The lowest BCUT2D eigenvalue weighted by atomic mass is 9.79. The Hall–Kier alpha value is -0.750. The minimum atomic E-state index is -0.814. The van der Waals surface area contributed by atoms with Crippen LogP contribution in [-0.4, -0.2) is 5.11 Å². The molecule has 17 heavy (non-hydrogen) atoms. The van der Waals surface area contributed by atoms with Crippen molar-refractivity contribution in [3.05, 3.63) is 33.8 Å². The number of hydrogen-bond donors (Lipinski definition) is 1. The van der Waals surface area contributed by atoms with Gasteiger partial charge in [-0.25, -0.2) is 0 Å². The van der Waals surface area contributed by atoms with Crippen molar-refractivity contribution in [1.29, 1.82) is 5.26 Å². The predicted molar refractivity (Wildman–Crippen MR) is 67.9 cm³/mol. The Balaban J connectivity index is 2.36. The van der Waals surface area contributed by atoms with E-state index in [-0.39, 0.29) is 0 Å². The van der Waals surface area contributed by atoms with Gasteiger partial charge in [0.15, 0.2) is 0 Å². The number of halogens is 2. The second kappa shape index (κ2) is 4.86. The molecule has 1 atom stereocenters. The van der Waals surface area contributed by atoms with Crippen molar-refractivity contribution >= 4 is 23.2 Å². The third-order valence-electron chi connectivity index (χ3n) is 3.44. The van der Waals surface area contributed by atoms with Crippen LogP contribution in [0.25, 0.3) is 0 Å². The molecule has 90 valence electrons. The van der Waals surface area contributed by atoms with E-state index >= 15 is 0 Å². The molecule has 1 aromatic carbocycles. The predicted octanol–water partition coefficient (Wildman–Crippen LogP) is 4.11. The Morgan fingerprint density at radius 1 is 1.18 bits per heavy atom. The first-order valence-corrected chi connectivity index (χ1v) is 6.38. The molecule has 0 spiro atoms. The first kappa shape index (κ1) is 12.7. The van der Waals surface area contributed by atoms with Crippen LogP contribution in [-0.2, 0) is 0 Å². The van der Waals surface area contributed by atoms with Crippen molar-refractivity contribution in [2.75, 3.05) is 0 Å². The summed E-state index contributed by atoms with van der Waals surface area (Å²) in [4.78, 5) is 0. The van der Waals surface area contributed by atoms with Crippen molar-refractivity contribution < 1.29 is 5.11 Å². The van der Waals surface area contributed by atoms with E-state index in [9.17, 15) is 10.4 Å². The zero-order valence-corrected chi connectivity index (χ0v) is 10.8. The molecule has 1 fully saturated rings. The standard InChI is InChI=1S/C13H13Cl2NO/c14-10-5-9(6-11(15)7-10)12(17)13(8-16)3-1-2-4-13/h5-7,12,17H,1-4H2. The molecule has 1 unspecified atom stereocenters. The molecule has 0 heterocycles. The van der Waals surface area contributed by atoms with Crippen LogP contribution < -0.4 is 0 Å². The van der Waals surface area contributed by atoms with E-state index in [4.69, 9.17) is 23.2 Å². The summed E-state index contributed by atoms with van der Waals surface area (Å²) in [6.07, 6.45) is 2.62. The Labute approximate surface area is 111 Å². The average molecular weight is 270 g/mol. The lowest BCUT2D eigenvalue weighted by Crippen LogP contribution is -2.23. The highest BCUT2D eigenvalue weighted by molar-refractivity contribution is 6.34. The van der Waals surface area contributed by atoms with E-state index in [1.807, 2.05) is 0 Å². The molecule has 0 saturated heterocycles. The number of aliphatic hydroxyl groups excluding tert-OH is 1. The fraction of sp³-hybridized carbons (Fsp3) is 0.462. The number of nitriles is 1. The quantitative estimate of drug-likeness (QED) is 0.878. The van der Waals surface area contributed by atoms with E-state index < -0.39 is 11.5 Å². The molecular formula is C13H13Cl2NO. The Morgan fingerprint density at radius 3 is 2.18 bits per heavy atom. The highest BCUT2D eigenvalue weighted by atomic mass is 35.5. The largest absolute Gasteiger partial charge is 0.387 e. The zero-order chi connectivity index (χ0) is 12.5. The normalized spacial score (nSPS) is 19.9. The summed E-state index contributed by atoms with van der Waals surface area (Å²) < 4.78 is 0. The van der Waals surface area contributed by atoms with E-state index in [2.05, 4.69) is 6.07 Å². The van der Waals surface area contributed by atoms with Gasteiger partial charge in [0, 0.05) is 10.0 Å². The van der Waals surface area contributed by atoms with Gasteiger partial charge in [-0.05, 0) is 36.6 Å². The molecule has 1 saturated carbocycles. The van der Waals surface area contributed by atoms with Gasteiger partial charge in [0.1, 0.15) is 0 Å². The van der Waals surface area contributed by atoms with E-state index in [0.717, 1.165) is 25.7 Å². The first-order chi connectivity index (χ1) is 8.07. The second-order valence-corrected chi connectivity index (χ2v) is 5.45. The molecule has 2 rings (SSSR count). The number of benzene rings is 1. The highest BCUT2D eigenvalue weighted by Crippen LogP contribution is 2.47. The molecule has 4 heteroatoms. The lowest BCUT2D eigenvalue weighted by Gasteiger charge is -2.27. The molecule has 1 N–H and O–H groups in total. The SMILES string of the molecule is N#CC1(C(O)c2cc(Cl)cc(Cl)c2)CCCC1. The third-order valence-corrected chi connectivity index (χ3v) is 3.88. The van der Waals surface area contributed by atoms with Crippen molar-refractivity contribution in [1.82, 2.24) is 0 Å². The molecule has 0 amide bonds. The monoisotopic (exact) mass is 269 g/mol. The topological polar surface area (TPSA) is 44.0 Å². The van der Waals surface area contributed by atoms with Crippen molar-refractivity contribution in [2.24, 2.45) is 5.41 Å². The van der Waals surface area contributed by atoms with Gasteiger partial charge in [0.2, 0.25) is 0 Å². The van der Waals surface area contributed by atoms with Gasteiger partial charge < -0.3 is 5.11 Å². The smallest absolute Gasteiger partial charge is 0.0977 e. The average Bonchev–Trinajstić information content (AvgIpc) is 2.76. The van der Waals surface area contributed by atoms with Crippen LogP contribution in [0.1, 0.15) is 37.4 Å². The fourth-order valence-electron chi connectivity index (χ4n) is 2.50. The molecule has 0 radical (unpaired) electrons. The van der Waals surface area contributed by atoms with Crippen LogP contribution >= 0.6 is 23.2 Å². The number of hydrogen-bond acceptors (Lipinski definition) is 2. The highest BCUT2D eigenvalue weighted by Gasteiger charge is 2.41. The van der Waals surface area contributed by atoms with E-state index in [1.54, 1.807) is 18.2 Å². The summed E-state index contributed by atoms with van der Waals surface area (Å²) in [5, 5.41) is 20.7. The molecule has 2 nitrogen and oxygen atoms in total. The molecule has 1 aliphatic carbocycles. The van der Waals surface area contributed by atoms with Gasteiger partial charge in [-0.15, -0.1) is 0 Å². The van der Waals surface area contributed by atoms with Crippen LogP contribution in [0.15, 0.2) is 18.2 Å². The van der Waals surface area contributed by atoms with Gasteiger partial charge >= 0.3 is 0 Å². The minimum Gasteiger partial charge on any atom is -0.387 e. The molecule has 0 aromatic heterocycles. The molecule has 0 bridgehead atoms. The summed E-state index contributed by atoms with van der Waals surface area (Å²) >= 11 is 11.8. The number of rotatable bonds is 2. The van der Waals surface area contributed by atoms with Gasteiger partial charge in [-0.1, -0.05) is 36.0 Å². The number of nitrogens with zero attached hydrogens (tertiary/aromatic N) is 1. The first-order valence-electron chi connectivity index (χ1n) is 5.63. The maximum absolute atomic E-state index is 10.4. The van der Waals surface area contributed by atoms with Gasteiger partial charge in [0.25, 0.3) is 0 Å². The maximum atomic E-state index is 10.4. The van der Waals surface area contributed by atoms with Gasteiger partial charge in [-0.3, -0.25) is 0 Å². The molecule has 1 aliphatic rings. The van der Waals surface area contributed by atoms with Crippen LogP contribution in [0.5, 0.6) is 0 Å². The maximum Gasteiger partial charge on any atom is 0.0977 e. The van der Waals surface area contributed by atoms with E-state index in [0.29, 0.717) is 15.6 Å². The second-order valence-electron chi connectivity index (χ2n) is 4.58. The van der Waals surface area contributed by atoms with Crippen LogP contribution in [0.3, 0.4) is 0 Å². The Bertz CT molecular complexity index is 441. The van der Waals surface area contributed by atoms with Crippen molar-refractivity contribution in [2.45, 2.75) is 31.8 Å². The summed E-state index contributed by atoms with van der Waals surface area (Å²) in [5.41, 5.74) is -0.0421. The summed E-state index contributed by atoms with van der Waals surface area (Å²) in [6.45, 7) is 0. The van der Waals surface area contributed by atoms with Crippen LogP contribution in [0.2, 0.25) is 10.0 Å². The van der Waals surface area contributed by atoms with Gasteiger partial charge in [0.05, 0.1) is 17.6 Å². The molecule has 1 aromatic rings. The molecule has 0 aliphatic heterocycles. The zero-order valence-electron chi connectivity index (χ0n) is 9.29. The van der Waals surface area contributed by atoms with E-state index in [1.165, 1.54) is 0 Å². The van der Waals surface area contributed by atoms with Crippen molar-refractivity contribution in [3.63, 3.8) is 0 Å². The van der Waals surface area contributed by atoms with Gasteiger partial charge in [-0.2, -0.15) is 5.26 Å². The van der Waals surface area contributed by atoms with Crippen molar-refractivity contribution in [3.8, 4) is 6.07 Å². The number of aliphatic hydroxyl groups is 1. The lowest BCUT2D eigenvalue weighted by molar-refractivity contribution is 0.0671. The Kier molecular flexibility index (Phi) is 3.63. The third kappa shape index (κ3) is 2.42. The summed E-state index contributed by atoms with van der Waals surface area (Å²) in [7, 11) is 0. The molecular weight excluding hydrogens is 257 g/mol. The van der Waals surface area contributed by atoms with Crippen LogP contribution in [0.4, 0.5) is 0 Å². The van der Waals surface area contributed by atoms with Crippen LogP contribution in [0, 0.1) is 16.7 Å². The Morgan fingerprint density at radius 2 is 1.71 bits per heavy atom. The minimum absolute atomic E-state index is 0.484. The summed E-state index contributed by atoms with van der Waals surface area (Å²) in [5.74, 6) is 0.